The van der Waals surface area contributed by atoms with E-state index in [-0.39, 0.29) is 18.0 Å². The lowest BCUT2D eigenvalue weighted by Crippen LogP contribution is -2.58. The van der Waals surface area contributed by atoms with Gasteiger partial charge in [-0.3, -0.25) is 9.59 Å². The van der Waals surface area contributed by atoms with Crippen LogP contribution in [0.2, 0.25) is 0 Å². The Morgan fingerprint density at radius 1 is 1.31 bits per heavy atom. The smallest absolute Gasteiger partial charge is 0.307 e. The minimum Gasteiger partial charge on any atom is -0.432 e. The number of amides is 1. The van der Waals surface area contributed by atoms with E-state index in [4.69, 9.17) is 4.74 Å². The Balaban J connectivity index is 2.03. The van der Waals surface area contributed by atoms with Crippen LogP contribution in [0.25, 0.3) is 0 Å². The zero-order valence-electron chi connectivity index (χ0n) is 9.29. The molecule has 16 heavy (non-hydrogen) atoms. The molecule has 1 amide bonds. The van der Waals surface area contributed by atoms with E-state index in [2.05, 4.69) is 10.6 Å². The van der Waals surface area contributed by atoms with E-state index in [1.54, 1.807) is 0 Å². The average Bonchev–Trinajstić information content (AvgIpc) is 2.26. The molecule has 5 heteroatoms. The molecule has 2 fully saturated rings. The van der Waals surface area contributed by atoms with Crippen molar-refractivity contribution in [3.05, 3.63) is 12.0 Å². The summed E-state index contributed by atoms with van der Waals surface area (Å²) in [5.74, 6) is -0.614. The van der Waals surface area contributed by atoms with E-state index in [1.165, 1.54) is 19.6 Å². The Labute approximate surface area is 94.2 Å². The number of hydrogen-bond donors (Lipinski definition) is 2. The number of piperazine rings is 1. The normalized spacial score (nSPS) is 31.3. The van der Waals surface area contributed by atoms with Crippen LogP contribution in [0.3, 0.4) is 0 Å². The fraction of sp³-hybridized carbons (Fsp3) is 0.636. The van der Waals surface area contributed by atoms with E-state index >= 15 is 0 Å². The number of rotatable bonds is 1. The summed E-state index contributed by atoms with van der Waals surface area (Å²) in [5.41, 5.74) is 0.346. The maximum Gasteiger partial charge on any atom is 0.307 e. The van der Waals surface area contributed by atoms with Gasteiger partial charge in [0.1, 0.15) is 12.0 Å². The van der Waals surface area contributed by atoms with Gasteiger partial charge in [-0.25, -0.2) is 0 Å². The molecule has 0 aromatic rings. The molecule has 1 saturated heterocycles. The van der Waals surface area contributed by atoms with Crippen molar-refractivity contribution in [1.29, 1.82) is 0 Å². The lowest BCUT2D eigenvalue weighted by Gasteiger charge is -2.37. The number of ether oxygens (including phenoxy) is 1. The molecule has 1 aliphatic carbocycles. The monoisotopic (exact) mass is 224 g/mol. The van der Waals surface area contributed by atoms with Crippen LogP contribution in [0, 0.1) is 0 Å². The third-order valence-corrected chi connectivity index (χ3v) is 3.01. The molecule has 2 N–H and O–H groups in total. The first kappa shape index (κ1) is 11.0. The molecule has 5 nitrogen and oxygen atoms in total. The van der Waals surface area contributed by atoms with E-state index in [1.807, 2.05) is 0 Å². The van der Waals surface area contributed by atoms with Gasteiger partial charge in [0.15, 0.2) is 0 Å². The number of esters is 1. The van der Waals surface area contributed by atoms with E-state index in [0.29, 0.717) is 5.70 Å². The summed E-state index contributed by atoms with van der Waals surface area (Å²) in [6.45, 7) is 1.31. The average molecular weight is 224 g/mol. The summed E-state index contributed by atoms with van der Waals surface area (Å²) in [6, 6.07) is 0.490. The van der Waals surface area contributed by atoms with Crippen LogP contribution >= 0.6 is 0 Å². The molecule has 0 radical (unpaired) electrons. The summed E-state index contributed by atoms with van der Waals surface area (Å²) in [6.07, 6.45) is 5.59. The van der Waals surface area contributed by atoms with Crippen molar-refractivity contribution >= 4 is 11.9 Å². The topological polar surface area (TPSA) is 67.4 Å². The van der Waals surface area contributed by atoms with Gasteiger partial charge >= 0.3 is 5.97 Å². The highest BCUT2D eigenvalue weighted by molar-refractivity contribution is 5.94. The van der Waals surface area contributed by atoms with Gasteiger partial charge in [0.25, 0.3) is 5.91 Å². The van der Waals surface area contributed by atoms with Crippen molar-refractivity contribution in [2.24, 2.45) is 0 Å². The maximum absolute atomic E-state index is 11.6. The predicted molar refractivity (Wildman–Crippen MR) is 57.2 cm³/mol. The van der Waals surface area contributed by atoms with Crippen molar-refractivity contribution < 1.29 is 14.3 Å². The minimum absolute atomic E-state index is 0.190. The molecule has 0 bridgehead atoms. The highest BCUT2D eigenvalue weighted by Crippen LogP contribution is 2.22. The molecular formula is C11H16N2O3. The van der Waals surface area contributed by atoms with Crippen LogP contribution in [-0.4, -0.2) is 24.0 Å². The Bertz CT molecular complexity index is 338. The fourth-order valence-corrected chi connectivity index (χ4v) is 2.22. The Morgan fingerprint density at radius 2 is 1.94 bits per heavy atom. The van der Waals surface area contributed by atoms with Gasteiger partial charge in [0.2, 0.25) is 0 Å². The van der Waals surface area contributed by atoms with Crippen molar-refractivity contribution in [3.63, 3.8) is 0 Å². The zero-order chi connectivity index (χ0) is 11.5. The summed E-state index contributed by atoms with van der Waals surface area (Å²) >= 11 is 0. The molecule has 0 aromatic heterocycles. The quantitative estimate of drug-likeness (QED) is 0.385. The summed E-state index contributed by atoms with van der Waals surface area (Å²) < 4.78 is 4.71. The van der Waals surface area contributed by atoms with Gasteiger partial charge in [-0.15, -0.1) is 0 Å². The van der Waals surface area contributed by atoms with Gasteiger partial charge in [-0.05, 0) is 12.8 Å². The van der Waals surface area contributed by atoms with Gasteiger partial charge in [0.05, 0.1) is 0 Å². The minimum atomic E-state index is -0.423. The first-order chi connectivity index (χ1) is 7.66. The second kappa shape index (κ2) is 4.55. The molecular weight excluding hydrogens is 208 g/mol. The molecule has 2 unspecified atom stereocenters. The number of carbonyl (C=O) groups excluding carboxylic acids is 2. The van der Waals surface area contributed by atoms with Gasteiger partial charge in [-0.2, -0.15) is 0 Å². The van der Waals surface area contributed by atoms with Gasteiger partial charge in [-0.1, -0.05) is 12.8 Å². The Kier molecular flexibility index (Phi) is 3.12. The Morgan fingerprint density at radius 3 is 2.56 bits per heavy atom. The van der Waals surface area contributed by atoms with Crippen molar-refractivity contribution in [2.45, 2.75) is 44.7 Å². The molecule has 2 atom stereocenters. The summed E-state index contributed by atoms with van der Waals surface area (Å²) in [4.78, 5) is 22.3. The molecule has 0 aromatic carbocycles. The van der Waals surface area contributed by atoms with Crippen LogP contribution in [0.15, 0.2) is 12.0 Å². The molecule has 2 aliphatic rings. The van der Waals surface area contributed by atoms with E-state index in [9.17, 15) is 9.59 Å². The van der Waals surface area contributed by atoms with Crippen molar-refractivity contribution in [3.8, 4) is 0 Å². The number of carbonyl (C=O) groups is 2. The standard InChI is InChI=1S/C11H16N2O3/c1-7(14)16-6-10-11(15)13-9-5-3-2-4-8(9)12-10/h6,8-9,12H,2-5H2,1H3,(H,13,15). The summed E-state index contributed by atoms with van der Waals surface area (Å²) in [5, 5.41) is 6.06. The molecule has 88 valence electrons. The Hall–Kier alpha value is -1.52. The molecule has 0 spiro atoms. The predicted octanol–water partition coefficient (Wildman–Crippen LogP) is 0.421. The molecule has 1 heterocycles. The molecule has 1 aliphatic heterocycles. The first-order valence-electron chi connectivity index (χ1n) is 5.61. The number of hydrogen-bond acceptors (Lipinski definition) is 4. The van der Waals surface area contributed by atoms with Crippen LogP contribution in [-0.2, 0) is 14.3 Å². The van der Waals surface area contributed by atoms with Crippen molar-refractivity contribution in [1.82, 2.24) is 10.6 Å². The van der Waals surface area contributed by atoms with Crippen LogP contribution in [0.1, 0.15) is 32.6 Å². The zero-order valence-corrected chi connectivity index (χ0v) is 9.29. The van der Waals surface area contributed by atoms with Crippen molar-refractivity contribution in [2.75, 3.05) is 0 Å². The highest BCUT2D eigenvalue weighted by Gasteiger charge is 2.33. The van der Waals surface area contributed by atoms with Gasteiger partial charge < -0.3 is 15.4 Å². The van der Waals surface area contributed by atoms with Crippen LogP contribution < -0.4 is 10.6 Å². The third-order valence-electron chi connectivity index (χ3n) is 3.01. The van der Waals surface area contributed by atoms with Crippen LogP contribution in [0.4, 0.5) is 0 Å². The maximum atomic E-state index is 11.6. The largest absolute Gasteiger partial charge is 0.432 e. The molecule has 2 rings (SSSR count). The third kappa shape index (κ3) is 2.35. The lowest BCUT2D eigenvalue weighted by atomic mass is 9.88. The molecule has 1 saturated carbocycles. The lowest BCUT2D eigenvalue weighted by molar-refractivity contribution is -0.135. The fourth-order valence-electron chi connectivity index (χ4n) is 2.22. The van der Waals surface area contributed by atoms with E-state index < -0.39 is 5.97 Å². The second-order valence-electron chi connectivity index (χ2n) is 4.26. The highest BCUT2D eigenvalue weighted by atomic mass is 16.5. The number of nitrogens with one attached hydrogen (secondary N) is 2. The summed E-state index contributed by atoms with van der Waals surface area (Å²) in [7, 11) is 0. The van der Waals surface area contributed by atoms with Gasteiger partial charge in [0, 0.05) is 19.0 Å². The van der Waals surface area contributed by atoms with Crippen LogP contribution in [0.5, 0.6) is 0 Å². The first-order valence-corrected chi connectivity index (χ1v) is 5.61. The SMILES string of the molecule is CC(=O)OC=C1NC2CCCCC2NC1=O. The van der Waals surface area contributed by atoms with E-state index in [0.717, 1.165) is 19.3 Å². The second-order valence-corrected chi connectivity index (χ2v) is 4.26. The number of fused-ring (bicyclic) bond motifs is 1.